The van der Waals surface area contributed by atoms with Crippen LogP contribution in [-0.4, -0.2) is 19.2 Å². The highest BCUT2D eigenvalue weighted by molar-refractivity contribution is 5.74. The third kappa shape index (κ3) is 2.73. The monoisotopic (exact) mass is 198 g/mol. The lowest BCUT2D eigenvalue weighted by Crippen LogP contribution is -2.24. The first-order chi connectivity index (χ1) is 6.63. The van der Waals surface area contributed by atoms with Gasteiger partial charge in [-0.2, -0.15) is 0 Å². The van der Waals surface area contributed by atoms with Crippen molar-refractivity contribution in [3.05, 3.63) is 30.1 Å². The Bertz CT molecular complexity index is 325. The zero-order valence-electron chi connectivity index (χ0n) is 7.99. The molecule has 3 nitrogen and oxygen atoms in total. The van der Waals surface area contributed by atoms with Crippen LogP contribution in [0.25, 0.3) is 0 Å². The van der Waals surface area contributed by atoms with E-state index in [1.165, 1.54) is 32.2 Å². The summed E-state index contributed by atoms with van der Waals surface area (Å²) >= 11 is 0. The van der Waals surface area contributed by atoms with Gasteiger partial charge in [-0.1, -0.05) is 6.07 Å². The van der Waals surface area contributed by atoms with Crippen LogP contribution < -0.4 is 4.74 Å². The topological polar surface area (TPSA) is 35.5 Å². The Balaban J connectivity index is 2.64. The third-order valence-electron chi connectivity index (χ3n) is 1.64. The molecule has 0 radical (unpaired) electrons. The molecule has 0 amide bonds. The van der Waals surface area contributed by atoms with E-state index in [0.29, 0.717) is 5.75 Å². The van der Waals surface area contributed by atoms with Gasteiger partial charge >= 0.3 is 5.97 Å². The minimum atomic E-state index is -0.734. The molecule has 76 valence electrons. The molecule has 0 saturated heterocycles. The summed E-state index contributed by atoms with van der Waals surface area (Å²) in [6, 6.07) is 5.59. The number of halogens is 1. The van der Waals surface area contributed by atoms with E-state index in [2.05, 4.69) is 4.74 Å². The van der Waals surface area contributed by atoms with Crippen LogP contribution in [0.3, 0.4) is 0 Å². The lowest BCUT2D eigenvalue weighted by Gasteiger charge is -2.11. The molecule has 0 aliphatic rings. The fraction of sp³-hybridized carbons (Fsp3) is 0.300. The summed E-state index contributed by atoms with van der Waals surface area (Å²) < 4.78 is 22.3. The highest BCUT2D eigenvalue weighted by Gasteiger charge is 2.14. The highest BCUT2D eigenvalue weighted by Crippen LogP contribution is 2.13. The van der Waals surface area contributed by atoms with E-state index < -0.39 is 17.9 Å². The van der Waals surface area contributed by atoms with Gasteiger partial charge in [-0.15, -0.1) is 0 Å². The molecule has 0 saturated carbocycles. The van der Waals surface area contributed by atoms with Crippen LogP contribution in [0.4, 0.5) is 4.39 Å². The predicted molar refractivity (Wildman–Crippen MR) is 48.5 cm³/mol. The fourth-order valence-corrected chi connectivity index (χ4v) is 0.959. The van der Waals surface area contributed by atoms with Gasteiger partial charge in [-0.3, -0.25) is 0 Å². The fourth-order valence-electron chi connectivity index (χ4n) is 0.959. The Morgan fingerprint density at radius 3 is 2.79 bits per heavy atom. The van der Waals surface area contributed by atoms with Crippen LogP contribution in [0, 0.1) is 5.82 Å². The molecule has 1 aromatic carbocycles. The Labute approximate surface area is 81.4 Å². The van der Waals surface area contributed by atoms with Crippen molar-refractivity contribution in [3.8, 4) is 5.75 Å². The minimum Gasteiger partial charge on any atom is -0.479 e. The molecule has 4 heteroatoms. The van der Waals surface area contributed by atoms with Crippen molar-refractivity contribution in [3.63, 3.8) is 0 Å². The first kappa shape index (κ1) is 10.5. The average Bonchev–Trinajstić information content (AvgIpc) is 2.16. The van der Waals surface area contributed by atoms with E-state index in [0.717, 1.165) is 0 Å². The molecule has 1 atom stereocenters. The number of benzene rings is 1. The van der Waals surface area contributed by atoms with Crippen LogP contribution >= 0.6 is 0 Å². The SMILES string of the molecule is COC(=O)[C@@H](C)Oc1cccc(F)c1. The molecule has 0 aliphatic carbocycles. The van der Waals surface area contributed by atoms with Crippen molar-refractivity contribution < 1.29 is 18.7 Å². The number of ether oxygens (including phenoxy) is 2. The summed E-state index contributed by atoms with van der Waals surface area (Å²) in [5.41, 5.74) is 0. The van der Waals surface area contributed by atoms with Crippen molar-refractivity contribution in [2.75, 3.05) is 7.11 Å². The van der Waals surface area contributed by atoms with Crippen molar-refractivity contribution in [1.82, 2.24) is 0 Å². The molecule has 0 aliphatic heterocycles. The number of methoxy groups -OCH3 is 1. The molecular weight excluding hydrogens is 187 g/mol. The molecule has 1 aromatic rings. The second-order valence-electron chi connectivity index (χ2n) is 2.74. The van der Waals surface area contributed by atoms with Crippen LogP contribution in [0.15, 0.2) is 24.3 Å². The van der Waals surface area contributed by atoms with Gasteiger partial charge in [0.2, 0.25) is 0 Å². The zero-order valence-corrected chi connectivity index (χ0v) is 7.99. The minimum absolute atomic E-state index is 0.308. The lowest BCUT2D eigenvalue weighted by atomic mass is 10.3. The maximum atomic E-state index is 12.7. The van der Waals surface area contributed by atoms with Crippen LogP contribution in [0.2, 0.25) is 0 Å². The highest BCUT2D eigenvalue weighted by atomic mass is 19.1. The van der Waals surface area contributed by atoms with Crippen molar-refractivity contribution in [1.29, 1.82) is 0 Å². The second kappa shape index (κ2) is 4.60. The summed E-state index contributed by atoms with van der Waals surface area (Å²) in [6.45, 7) is 1.54. The van der Waals surface area contributed by atoms with Gasteiger partial charge < -0.3 is 9.47 Å². The van der Waals surface area contributed by atoms with Gasteiger partial charge in [0.05, 0.1) is 7.11 Å². The van der Waals surface area contributed by atoms with Gasteiger partial charge in [0.15, 0.2) is 6.10 Å². The molecule has 0 N–H and O–H groups in total. The summed E-state index contributed by atoms with van der Waals surface area (Å²) in [5.74, 6) is -0.586. The van der Waals surface area contributed by atoms with Crippen LogP contribution in [-0.2, 0) is 9.53 Å². The largest absolute Gasteiger partial charge is 0.479 e. The quantitative estimate of drug-likeness (QED) is 0.694. The molecule has 0 spiro atoms. The van der Waals surface area contributed by atoms with Crippen LogP contribution in [0.1, 0.15) is 6.92 Å². The molecular formula is C10H11FO3. The number of esters is 1. The number of carbonyl (C=O) groups excluding carboxylic acids is 1. The molecule has 0 unspecified atom stereocenters. The second-order valence-corrected chi connectivity index (χ2v) is 2.74. The standard InChI is InChI=1S/C10H11FO3/c1-7(10(12)13-2)14-9-5-3-4-8(11)6-9/h3-7H,1-2H3/t7-/m1/s1. The summed E-state index contributed by atoms with van der Waals surface area (Å²) in [6.07, 6.45) is -0.734. The van der Waals surface area contributed by atoms with Crippen molar-refractivity contribution in [2.45, 2.75) is 13.0 Å². The molecule has 0 fully saturated rings. The Hall–Kier alpha value is -1.58. The van der Waals surface area contributed by atoms with Gasteiger partial charge in [0.25, 0.3) is 0 Å². The molecule has 1 rings (SSSR count). The van der Waals surface area contributed by atoms with Crippen molar-refractivity contribution in [2.24, 2.45) is 0 Å². The van der Waals surface area contributed by atoms with E-state index in [-0.39, 0.29) is 0 Å². The van der Waals surface area contributed by atoms with Gasteiger partial charge in [0, 0.05) is 6.07 Å². The normalized spacial score (nSPS) is 11.9. The van der Waals surface area contributed by atoms with Crippen LogP contribution in [0.5, 0.6) is 5.75 Å². The van der Waals surface area contributed by atoms with E-state index >= 15 is 0 Å². The van der Waals surface area contributed by atoms with Gasteiger partial charge in [-0.25, -0.2) is 9.18 Å². The maximum Gasteiger partial charge on any atom is 0.346 e. The van der Waals surface area contributed by atoms with E-state index in [1.54, 1.807) is 6.07 Å². The molecule has 0 aromatic heterocycles. The number of carbonyl (C=O) groups is 1. The van der Waals surface area contributed by atoms with E-state index in [9.17, 15) is 9.18 Å². The number of hydrogen-bond donors (Lipinski definition) is 0. The lowest BCUT2D eigenvalue weighted by molar-refractivity contribution is -0.147. The first-order valence-corrected chi connectivity index (χ1v) is 4.13. The third-order valence-corrected chi connectivity index (χ3v) is 1.64. The van der Waals surface area contributed by atoms with Gasteiger partial charge in [-0.05, 0) is 19.1 Å². The Morgan fingerprint density at radius 1 is 1.50 bits per heavy atom. The predicted octanol–water partition coefficient (Wildman–Crippen LogP) is 1.77. The Morgan fingerprint density at radius 2 is 2.21 bits per heavy atom. The Kier molecular flexibility index (Phi) is 3.45. The summed E-state index contributed by atoms with van der Waals surface area (Å²) in [5, 5.41) is 0. The zero-order chi connectivity index (χ0) is 10.6. The summed E-state index contributed by atoms with van der Waals surface area (Å²) in [7, 11) is 1.27. The molecule has 0 heterocycles. The number of hydrogen-bond acceptors (Lipinski definition) is 3. The molecule has 0 bridgehead atoms. The number of rotatable bonds is 3. The first-order valence-electron chi connectivity index (χ1n) is 4.13. The smallest absolute Gasteiger partial charge is 0.346 e. The van der Waals surface area contributed by atoms with Gasteiger partial charge in [0.1, 0.15) is 11.6 Å². The molecule has 14 heavy (non-hydrogen) atoms. The average molecular weight is 198 g/mol. The van der Waals surface area contributed by atoms with E-state index in [1.807, 2.05) is 0 Å². The van der Waals surface area contributed by atoms with E-state index in [4.69, 9.17) is 4.74 Å². The summed E-state index contributed by atoms with van der Waals surface area (Å²) in [4.78, 5) is 11.0. The van der Waals surface area contributed by atoms with Crippen molar-refractivity contribution >= 4 is 5.97 Å². The maximum absolute atomic E-state index is 12.7.